The fourth-order valence-corrected chi connectivity index (χ4v) is 1.98. The summed E-state index contributed by atoms with van der Waals surface area (Å²) in [5.41, 5.74) is -0.478. The van der Waals surface area contributed by atoms with E-state index < -0.39 is 23.2 Å². The molecule has 0 amide bonds. The molecule has 1 aromatic carbocycles. The number of hydrogen-bond donors (Lipinski definition) is 1. The van der Waals surface area contributed by atoms with E-state index >= 15 is 0 Å². The first-order chi connectivity index (χ1) is 10.6. The predicted octanol–water partition coefficient (Wildman–Crippen LogP) is 0.114. The Kier molecular flexibility index (Phi) is 19.7. The second-order valence-electron chi connectivity index (χ2n) is 5.17. The molecule has 7 nitrogen and oxygen atoms in total. The Morgan fingerprint density at radius 1 is 1.24 bits per heavy atom. The maximum absolute atomic E-state index is 11.7. The second-order valence-corrected chi connectivity index (χ2v) is 6.02. The average Bonchev–Trinajstić information content (AvgIpc) is 2.46. The summed E-state index contributed by atoms with van der Waals surface area (Å²) in [5, 5.41) is 38.2. The largest absolute Gasteiger partial charge is 2.00 e. The Morgan fingerprint density at radius 3 is 2.04 bits per heavy atom. The predicted molar refractivity (Wildman–Crippen MR) is 86.5 cm³/mol. The van der Waals surface area contributed by atoms with Crippen LogP contribution in [0.1, 0.15) is 26.3 Å². The van der Waals surface area contributed by atoms with E-state index in [1.165, 1.54) is 18.3 Å². The monoisotopic (exact) mass is 431 g/mol. The van der Waals surface area contributed by atoms with Crippen molar-refractivity contribution in [3.63, 3.8) is 0 Å². The van der Waals surface area contributed by atoms with Crippen molar-refractivity contribution in [2.24, 2.45) is 10.4 Å². The Morgan fingerprint density at radius 2 is 1.68 bits per heavy atom. The zero-order valence-corrected chi connectivity index (χ0v) is 17.4. The van der Waals surface area contributed by atoms with E-state index in [0.717, 1.165) is 14.2 Å². The van der Waals surface area contributed by atoms with Crippen LogP contribution in [0.25, 0.3) is 0 Å². The number of aliphatic hydroxyl groups is 1. The number of carbonyl (C=O) groups is 1. The Hall–Kier alpha value is -0.796. The van der Waals surface area contributed by atoms with E-state index in [0.29, 0.717) is 0 Å². The minimum Gasteiger partial charge on any atom is -2.00 e. The second kappa shape index (κ2) is 15.5. The van der Waals surface area contributed by atoms with Gasteiger partial charge in [-0.05, 0) is 23.1 Å². The Bertz CT molecular complexity index is 535. The number of halogens is 2. The summed E-state index contributed by atoms with van der Waals surface area (Å²) < 4.78 is 0. The fourth-order valence-electron chi connectivity index (χ4n) is 1.47. The quantitative estimate of drug-likeness (QED) is 0.674. The van der Waals surface area contributed by atoms with Crippen molar-refractivity contribution in [1.29, 1.82) is 0 Å². The summed E-state index contributed by atoms with van der Waals surface area (Å²) in [6.45, 7) is 5.15. The van der Waals surface area contributed by atoms with Crippen molar-refractivity contribution >= 4 is 35.4 Å². The molecule has 1 aromatic rings. The molecule has 0 fully saturated rings. The number of nitrogens with zero attached hydrogens (tertiary/aromatic N) is 1. The maximum atomic E-state index is 11.7. The topological polar surface area (TPSA) is 147 Å². The summed E-state index contributed by atoms with van der Waals surface area (Å²) in [6, 6.07) is 1.64. The van der Waals surface area contributed by atoms with Crippen LogP contribution in [-0.4, -0.2) is 37.6 Å². The number of aliphatic hydroxyl groups excluding tert-OH is 1. The molecule has 1 atom stereocenters. The van der Waals surface area contributed by atoms with Crippen LogP contribution in [0, 0.1) is 5.41 Å². The van der Waals surface area contributed by atoms with Gasteiger partial charge in [-0.1, -0.05) is 49.7 Å². The van der Waals surface area contributed by atoms with Gasteiger partial charge in [0, 0.05) is 41.9 Å². The molecule has 0 spiro atoms. The zero-order valence-electron chi connectivity index (χ0n) is 14.4. The summed E-state index contributed by atoms with van der Waals surface area (Å²) in [5.74, 6) is -1.75. The maximum Gasteiger partial charge on any atom is 0.0941 e. The fraction of sp³-hybridized carbons (Fsp3) is 0.467. The first-order valence-electron chi connectivity index (χ1n) is 6.38. The van der Waals surface area contributed by atoms with Gasteiger partial charge in [0.25, 0.3) is 0 Å². The smallest absolute Gasteiger partial charge is 0.0941 e. The first kappa shape index (κ1) is 31.9. The van der Waals surface area contributed by atoms with Crippen LogP contribution in [0.5, 0.6) is 5.75 Å². The molecule has 0 bridgehead atoms. The minimum atomic E-state index is -1.30. The van der Waals surface area contributed by atoms with Gasteiger partial charge in [-0.3, -0.25) is 4.99 Å². The zero-order chi connectivity index (χ0) is 18.8. The van der Waals surface area contributed by atoms with Gasteiger partial charge in [-0.15, -0.1) is 0 Å². The molecule has 1 radical (unpaired) electrons. The van der Waals surface area contributed by atoms with Crippen LogP contribution in [0.15, 0.2) is 17.1 Å². The molecule has 0 saturated heterocycles. The van der Waals surface area contributed by atoms with Crippen molar-refractivity contribution in [1.82, 2.24) is 0 Å². The summed E-state index contributed by atoms with van der Waals surface area (Å²) in [4.78, 5) is 14.9. The van der Waals surface area contributed by atoms with E-state index in [4.69, 9.17) is 33.4 Å². The van der Waals surface area contributed by atoms with Gasteiger partial charge in [0.2, 0.25) is 0 Å². The van der Waals surface area contributed by atoms with E-state index in [2.05, 4.69) is 4.99 Å². The molecular weight excluding hydrogens is 412 g/mol. The van der Waals surface area contributed by atoms with Crippen LogP contribution in [0.3, 0.4) is 0 Å². The number of hydrogen-bond acceptors (Lipinski definition) is 6. The average molecular weight is 432 g/mol. The van der Waals surface area contributed by atoms with Crippen LogP contribution >= 0.6 is 23.2 Å². The van der Waals surface area contributed by atoms with E-state index in [9.17, 15) is 15.0 Å². The molecule has 145 valence electrons. The molecule has 0 unspecified atom stereocenters. The molecule has 1 N–H and O–H groups in total. The number of carboxylic acids is 1. The van der Waals surface area contributed by atoms with E-state index in [1.807, 2.05) is 0 Å². The first-order valence-corrected chi connectivity index (χ1v) is 7.14. The van der Waals surface area contributed by atoms with Crippen molar-refractivity contribution in [3.8, 4) is 5.75 Å². The van der Waals surface area contributed by atoms with Crippen molar-refractivity contribution in [2.75, 3.05) is 14.2 Å². The third-order valence-corrected chi connectivity index (χ3v) is 2.94. The van der Waals surface area contributed by atoms with Crippen molar-refractivity contribution in [2.45, 2.75) is 26.8 Å². The van der Waals surface area contributed by atoms with Gasteiger partial charge in [0.05, 0.1) is 12.0 Å². The number of aliphatic carboxylic acids is 1. The third-order valence-electron chi connectivity index (χ3n) is 2.44. The van der Waals surface area contributed by atoms with Gasteiger partial charge in [0.1, 0.15) is 0 Å². The number of rotatable bonds is 3. The van der Waals surface area contributed by atoms with Gasteiger partial charge in [0.15, 0.2) is 0 Å². The molecule has 25 heavy (non-hydrogen) atoms. The molecule has 0 saturated carbocycles. The Labute approximate surface area is 169 Å². The number of aliphatic imine (C=N–C) groups is 1. The van der Waals surface area contributed by atoms with Crippen LogP contribution in [0.4, 0.5) is 0 Å². The normalized spacial score (nSPS) is 10.9. The molecule has 0 aliphatic rings. The van der Waals surface area contributed by atoms with Gasteiger partial charge < -0.3 is 30.7 Å². The molecular formula is C15H20Cl2NO6V-5. The van der Waals surface area contributed by atoms with Crippen LogP contribution in [0.2, 0.25) is 10.0 Å². The standard InChI is InChI=1S/C13H15Cl2NO3.CH4O.CH3O.O.V/c1-13(2,3)11(12(18)19)16-6-7-4-8(14)5-9(15)10(7)17;2*1-2;;/h4-6,11,17H,1-3H3,(H,18,19);2H,1H3;1H3;;/q;;-1;-2;/p-2/t11-;;;;/m1..../s1. The van der Waals surface area contributed by atoms with Gasteiger partial charge in [-0.25, -0.2) is 0 Å². The molecule has 0 heterocycles. The summed E-state index contributed by atoms with van der Waals surface area (Å²) in [7, 11) is 1.75. The van der Waals surface area contributed by atoms with Crippen molar-refractivity contribution < 1.29 is 49.3 Å². The van der Waals surface area contributed by atoms with E-state index in [-0.39, 0.29) is 39.6 Å². The number of carbonyl (C=O) groups excluding carboxylic acids is 1. The van der Waals surface area contributed by atoms with Gasteiger partial charge in [-0.2, -0.15) is 7.11 Å². The molecule has 1 rings (SSSR count). The third kappa shape index (κ3) is 11.4. The minimum absolute atomic E-state index is 0. The molecule has 10 heteroatoms. The summed E-state index contributed by atoms with van der Waals surface area (Å²) in [6.07, 6.45) is 1.17. The van der Waals surface area contributed by atoms with Gasteiger partial charge >= 0.3 is 0 Å². The Balaban J connectivity index is -0.000000342. The van der Waals surface area contributed by atoms with Crippen LogP contribution < -0.4 is 15.3 Å². The van der Waals surface area contributed by atoms with E-state index in [1.54, 1.807) is 20.8 Å². The molecule has 0 aromatic heterocycles. The number of carboxylic acid groups (broad SMARTS) is 1. The molecule has 0 aliphatic carbocycles. The van der Waals surface area contributed by atoms with Crippen molar-refractivity contribution in [3.05, 3.63) is 27.7 Å². The van der Waals surface area contributed by atoms with Crippen LogP contribution in [-0.2, 0) is 28.8 Å². The SMILES string of the molecule is CC(C)(C)[C@H](N=Cc1cc(Cl)cc(Cl)c1[O-])C(=O)[O-].CO.C[O-].[O-2].[V]. The molecule has 0 aliphatic heterocycles. The number of benzene rings is 1. The summed E-state index contributed by atoms with van der Waals surface area (Å²) >= 11 is 11.5.